The van der Waals surface area contributed by atoms with Crippen LogP contribution in [0.4, 0.5) is 4.79 Å². The molecule has 0 bridgehead atoms. The van der Waals surface area contributed by atoms with Crippen LogP contribution in [-0.4, -0.2) is 35.4 Å². The van der Waals surface area contributed by atoms with Crippen molar-refractivity contribution in [1.29, 1.82) is 0 Å². The Hall–Kier alpha value is -2.12. The molecule has 22 heavy (non-hydrogen) atoms. The number of carbonyl (C=O) groups is 1. The largest absolute Gasteiger partial charge is 0.491 e. The molecule has 7 heteroatoms. The van der Waals surface area contributed by atoms with Gasteiger partial charge in [-0.1, -0.05) is 18.2 Å². The maximum atomic E-state index is 11.6. The van der Waals surface area contributed by atoms with Crippen LogP contribution >= 0.6 is 11.3 Å². The van der Waals surface area contributed by atoms with E-state index in [1.807, 2.05) is 42.6 Å². The summed E-state index contributed by atoms with van der Waals surface area (Å²) in [6.45, 7) is 2.52. The van der Waals surface area contributed by atoms with Crippen LogP contribution in [0.15, 0.2) is 35.7 Å². The molecule has 2 aromatic rings. The Balaban J connectivity index is 1.61. The number of urea groups is 1. The molecule has 0 aliphatic carbocycles. The fraction of sp³-hybridized carbons (Fsp3) is 0.333. The minimum absolute atomic E-state index is 0.121. The first-order valence-electron chi connectivity index (χ1n) is 6.92. The quantitative estimate of drug-likeness (QED) is 0.725. The molecular formula is C15H19N3O3S. The molecule has 0 aliphatic rings. The van der Waals surface area contributed by atoms with E-state index in [1.165, 1.54) is 11.3 Å². The van der Waals surface area contributed by atoms with E-state index in [0.717, 1.165) is 10.7 Å². The van der Waals surface area contributed by atoms with Crippen molar-refractivity contribution in [3.63, 3.8) is 0 Å². The molecule has 118 valence electrons. The Morgan fingerprint density at radius 1 is 1.36 bits per heavy atom. The number of carbonyl (C=O) groups excluding carboxylic acids is 1. The van der Waals surface area contributed by atoms with Gasteiger partial charge in [-0.2, -0.15) is 0 Å². The number of aryl methyl sites for hydroxylation is 1. The van der Waals surface area contributed by atoms with E-state index in [0.29, 0.717) is 12.3 Å². The second-order valence-corrected chi connectivity index (χ2v) is 5.67. The van der Waals surface area contributed by atoms with Gasteiger partial charge in [-0.3, -0.25) is 0 Å². The highest BCUT2D eigenvalue weighted by Crippen LogP contribution is 2.08. The standard InChI is InChI=1S/C15H19N3O3S/c1-11-10-22-14(18-11)8-17-15(20)16-7-12(19)9-21-13-5-3-2-4-6-13/h2-6,10,12,19H,7-9H2,1H3,(H2,16,17,20)/t12-/m0/s1. The topological polar surface area (TPSA) is 83.5 Å². The molecule has 0 unspecified atom stereocenters. The predicted molar refractivity (Wildman–Crippen MR) is 85.0 cm³/mol. The number of ether oxygens (including phenoxy) is 1. The number of thiazole rings is 1. The van der Waals surface area contributed by atoms with E-state index in [-0.39, 0.29) is 19.2 Å². The van der Waals surface area contributed by atoms with E-state index in [1.54, 1.807) is 0 Å². The van der Waals surface area contributed by atoms with Crippen molar-refractivity contribution < 1.29 is 14.6 Å². The van der Waals surface area contributed by atoms with Crippen molar-refractivity contribution in [3.8, 4) is 5.75 Å². The lowest BCUT2D eigenvalue weighted by atomic mass is 10.3. The summed E-state index contributed by atoms with van der Waals surface area (Å²) in [5.41, 5.74) is 0.940. The van der Waals surface area contributed by atoms with Gasteiger partial charge in [0.15, 0.2) is 0 Å². The number of nitrogens with one attached hydrogen (secondary N) is 2. The zero-order valence-corrected chi connectivity index (χ0v) is 13.1. The lowest BCUT2D eigenvalue weighted by Crippen LogP contribution is -2.41. The van der Waals surface area contributed by atoms with Crippen molar-refractivity contribution in [2.45, 2.75) is 19.6 Å². The van der Waals surface area contributed by atoms with Crippen molar-refractivity contribution in [2.24, 2.45) is 0 Å². The third-order valence-electron chi connectivity index (χ3n) is 2.75. The second-order valence-electron chi connectivity index (χ2n) is 4.72. The minimum Gasteiger partial charge on any atom is -0.491 e. The van der Waals surface area contributed by atoms with Gasteiger partial charge in [-0.05, 0) is 19.1 Å². The van der Waals surface area contributed by atoms with E-state index in [2.05, 4.69) is 15.6 Å². The fourth-order valence-electron chi connectivity index (χ4n) is 1.68. The maximum absolute atomic E-state index is 11.6. The van der Waals surface area contributed by atoms with Crippen LogP contribution in [0, 0.1) is 6.92 Å². The number of hydrogen-bond donors (Lipinski definition) is 3. The number of benzene rings is 1. The first-order chi connectivity index (χ1) is 10.6. The zero-order valence-electron chi connectivity index (χ0n) is 12.3. The summed E-state index contributed by atoms with van der Waals surface area (Å²) in [7, 11) is 0. The van der Waals surface area contributed by atoms with Gasteiger partial charge >= 0.3 is 6.03 Å². The number of hydrogen-bond acceptors (Lipinski definition) is 5. The van der Waals surface area contributed by atoms with Gasteiger partial charge in [0.2, 0.25) is 0 Å². The summed E-state index contributed by atoms with van der Waals surface area (Å²) < 4.78 is 5.40. The Bertz CT molecular complexity index is 589. The average molecular weight is 321 g/mol. The van der Waals surface area contributed by atoms with Crippen molar-refractivity contribution >= 4 is 17.4 Å². The highest BCUT2D eigenvalue weighted by molar-refractivity contribution is 7.09. The Morgan fingerprint density at radius 2 is 2.14 bits per heavy atom. The monoisotopic (exact) mass is 321 g/mol. The average Bonchev–Trinajstić information content (AvgIpc) is 2.95. The smallest absolute Gasteiger partial charge is 0.315 e. The first kappa shape index (κ1) is 16.3. The van der Waals surface area contributed by atoms with Gasteiger partial charge in [-0.15, -0.1) is 11.3 Å². The number of aliphatic hydroxyl groups excluding tert-OH is 1. The summed E-state index contributed by atoms with van der Waals surface area (Å²) >= 11 is 1.50. The van der Waals surface area contributed by atoms with E-state index in [9.17, 15) is 9.90 Å². The molecule has 2 amide bonds. The molecule has 1 aromatic heterocycles. The van der Waals surface area contributed by atoms with Crippen LogP contribution < -0.4 is 15.4 Å². The van der Waals surface area contributed by atoms with Crippen LogP contribution in [0.1, 0.15) is 10.7 Å². The molecule has 0 aliphatic heterocycles. The van der Waals surface area contributed by atoms with Crippen LogP contribution in [-0.2, 0) is 6.54 Å². The molecule has 1 heterocycles. The number of amides is 2. The van der Waals surface area contributed by atoms with E-state index < -0.39 is 6.10 Å². The van der Waals surface area contributed by atoms with Crippen LogP contribution in [0.25, 0.3) is 0 Å². The summed E-state index contributed by atoms with van der Waals surface area (Å²) in [5.74, 6) is 0.685. The predicted octanol–water partition coefficient (Wildman–Crippen LogP) is 1.69. The van der Waals surface area contributed by atoms with Gasteiger partial charge in [-0.25, -0.2) is 9.78 Å². The van der Waals surface area contributed by atoms with Crippen molar-refractivity contribution in [3.05, 3.63) is 46.4 Å². The number of aliphatic hydroxyl groups is 1. The second kappa shape index (κ2) is 8.35. The van der Waals surface area contributed by atoms with Crippen LogP contribution in [0.2, 0.25) is 0 Å². The van der Waals surface area contributed by atoms with E-state index in [4.69, 9.17) is 4.74 Å². The Labute approximate surface area is 133 Å². The highest BCUT2D eigenvalue weighted by Gasteiger charge is 2.08. The summed E-state index contributed by atoms with van der Waals surface area (Å²) in [6.07, 6.45) is -0.770. The molecule has 0 saturated heterocycles. The Morgan fingerprint density at radius 3 is 2.82 bits per heavy atom. The normalized spacial score (nSPS) is 11.7. The maximum Gasteiger partial charge on any atom is 0.315 e. The number of aromatic nitrogens is 1. The molecule has 0 fully saturated rings. The highest BCUT2D eigenvalue weighted by atomic mass is 32.1. The molecule has 0 radical (unpaired) electrons. The Kier molecular flexibility index (Phi) is 6.17. The van der Waals surface area contributed by atoms with Crippen LogP contribution in [0.5, 0.6) is 5.75 Å². The summed E-state index contributed by atoms with van der Waals surface area (Å²) in [6, 6.07) is 8.87. The van der Waals surface area contributed by atoms with Crippen molar-refractivity contribution in [2.75, 3.05) is 13.2 Å². The fourth-order valence-corrected chi connectivity index (χ4v) is 2.39. The molecular weight excluding hydrogens is 302 g/mol. The molecule has 1 aromatic carbocycles. The van der Waals surface area contributed by atoms with Gasteiger partial charge in [0.05, 0.1) is 6.54 Å². The molecule has 3 N–H and O–H groups in total. The lowest BCUT2D eigenvalue weighted by molar-refractivity contribution is 0.108. The number of para-hydroxylation sites is 1. The van der Waals surface area contributed by atoms with Gasteiger partial charge in [0.1, 0.15) is 23.5 Å². The summed E-state index contributed by atoms with van der Waals surface area (Å²) in [5, 5.41) is 17.8. The third-order valence-corrected chi connectivity index (χ3v) is 3.72. The van der Waals surface area contributed by atoms with Gasteiger partial charge in [0, 0.05) is 17.6 Å². The van der Waals surface area contributed by atoms with Crippen molar-refractivity contribution in [1.82, 2.24) is 15.6 Å². The third kappa shape index (κ3) is 5.71. The van der Waals surface area contributed by atoms with Gasteiger partial charge < -0.3 is 20.5 Å². The SMILES string of the molecule is Cc1csc(CNC(=O)NC[C@H](O)COc2ccccc2)n1. The minimum atomic E-state index is -0.770. The molecule has 1 atom stereocenters. The molecule has 6 nitrogen and oxygen atoms in total. The number of rotatable bonds is 7. The zero-order chi connectivity index (χ0) is 15.8. The van der Waals surface area contributed by atoms with Crippen LogP contribution in [0.3, 0.4) is 0 Å². The first-order valence-corrected chi connectivity index (χ1v) is 7.80. The summed E-state index contributed by atoms with van der Waals surface area (Å²) in [4.78, 5) is 15.9. The molecule has 2 rings (SSSR count). The number of nitrogens with zero attached hydrogens (tertiary/aromatic N) is 1. The van der Waals surface area contributed by atoms with Gasteiger partial charge in [0.25, 0.3) is 0 Å². The molecule has 0 spiro atoms. The van der Waals surface area contributed by atoms with E-state index >= 15 is 0 Å². The molecule has 0 saturated carbocycles. The lowest BCUT2D eigenvalue weighted by Gasteiger charge is -2.13.